The number of anilines is 1. The molecule has 0 radical (unpaired) electrons. The molecular weight excluding hydrogens is 334 g/mol. The molecule has 1 aromatic heterocycles. The molecule has 1 aliphatic rings. The first-order valence-corrected chi connectivity index (χ1v) is 8.05. The lowest BCUT2D eigenvalue weighted by atomic mass is 10.1. The predicted molar refractivity (Wildman–Crippen MR) is 87.0 cm³/mol. The standard InChI is InChI=1S/C14H22BrN5O/c1-10(20-5-3-2-4-6-20)8-18-14(21)12-7-11(15)9-17-13(12)19-16/h7,9-10H,2-6,8,16H2,1H3,(H,17,19)(H,18,21). The van der Waals surface area contributed by atoms with Crippen molar-refractivity contribution < 1.29 is 4.79 Å². The van der Waals surface area contributed by atoms with Gasteiger partial charge in [0.05, 0.1) is 5.56 Å². The highest BCUT2D eigenvalue weighted by atomic mass is 79.9. The van der Waals surface area contributed by atoms with Gasteiger partial charge < -0.3 is 10.7 Å². The van der Waals surface area contributed by atoms with Gasteiger partial charge in [-0.25, -0.2) is 10.8 Å². The Kier molecular flexibility index (Phi) is 5.96. The smallest absolute Gasteiger partial charge is 0.255 e. The number of carbonyl (C=O) groups excluding carboxylic acids is 1. The van der Waals surface area contributed by atoms with Crippen LogP contribution in [0.1, 0.15) is 36.5 Å². The normalized spacial score (nSPS) is 17.3. The number of nitrogen functional groups attached to an aromatic ring is 1. The number of halogens is 1. The zero-order valence-corrected chi connectivity index (χ0v) is 13.8. The van der Waals surface area contributed by atoms with Gasteiger partial charge in [0.15, 0.2) is 5.82 Å². The van der Waals surface area contributed by atoms with E-state index in [1.54, 1.807) is 12.3 Å². The van der Waals surface area contributed by atoms with Gasteiger partial charge in [0.1, 0.15) is 0 Å². The van der Waals surface area contributed by atoms with Gasteiger partial charge in [0.2, 0.25) is 0 Å². The van der Waals surface area contributed by atoms with Crippen LogP contribution in [0.2, 0.25) is 0 Å². The number of rotatable bonds is 5. The van der Waals surface area contributed by atoms with Gasteiger partial charge in [0.25, 0.3) is 5.91 Å². The highest BCUT2D eigenvalue weighted by Gasteiger charge is 2.18. The molecule has 1 unspecified atom stereocenters. The van der Waals surface area contributed by atoms with E-state index in [4.69, 9.17) is 5.84 Å². The minimum atomic E-state index is -0.166. The van der Waals surface area contributed by atoms with E-state index in [0.717, 1.165) is 17.6 Å². The molecule has 2 heterocycles. The number of nitrogens with zero attached hydrogens (tertiary/aromatic N) is 2. The van der Waals surface area contributed by atoms with E-state index >= 15 is 0 Å². The van der Waals surface area contributed by atoms with Crippen LogP contribution in [0.15, 0.2) is 16.7 Å². The van der Waals surface area contributed by atoms with E-state index in [0.29, 0.717) is 24.0 Å². The van der Waals surface area contributed by atoms with Crippen molar-refractivity contribution in [2.75, 3.05) is 25.1 Å². The van der Waals surface area contributed by atoms with Gasteiger partial charge in [-0.3, -0.25) is 9.69 Å². The summed E-state index contributed by atoms with van der Waals surface area (Å²) in [5.74, 6) is 5.61. The first kappa shape index (κ1) is 16.2. The average Bonchev–Trinajstić information content (AvgIpc) is 2.53. The van der Waals surface area contributed by atoms with Gasteiger partial charge in [0, 0.05) is 23.3 Å². The molecule has 0 bridgehead atoms. The monoisotopic (exact) mass is 355 g/mol. The molecule has 116 valence electrons. The minimum Gasteiger partial charge on any atom is -0.350 e. The number of aromatic nitrogens is 1. The highest BCUT2D eigenvalue weighted by molar-refractivity contribution is 9.10. The Morgan fingerprint density at radius 3 is 2.86 bits per heavy atom. The van der Waals surface area contributed by atoms with E-state index in [-0.39, 0.29) is 5.91 Å². The van der Waals surface area contributed by atoms with Crippen molar-refractivity contribution in [1.82, 2.24) is 15.2 Å². The summed E-state index contributed by atoms with van der Waals surface area (Å²) in [6.07, 6.45) is 5.40. The fraction of sp³-hybridized carbons (Fsp3) is 0.571. The van der Waals surface area contributed by atoms with E-state index in [9.17, 15) is 4.79 Å². The Hall–Kier alpha value is -1.18. The van der Waals surface area contributed by atoms with Gasteiger partial charge in [-0.1, -0.05) is 6.42 Å². The molecule has 0 aromatic carbocycles. The second kappa shape index (κ2) is 7.72. The Bertz CT molecular complexity index is 490. The molecule has 2 rings (SSSR count). The molecule has 1 saturated heterocycles. The third kappa shape index (κ3) is 4.39. The van der Waals surface area contributed by atoms with Crippen LogP contribution in [0.3, 0.4) is 0 Å². The fourth-order valence-corrected chi connectivity index (χ4v) is 2.88. The predicted octanol–water partition coefficient (Wildman–Crippen LogP) is 1.73. The van der Waals surface area contributed by atoms with E-state index < -0.39 is 0 Å². The maximum atomic E-state index is 12.3. The number of carbonyl (C=O) groups is 1. The zero-order chi connectivity index (χ0) is 15.2. The summed E-state index contributed by atoms with van der Waals surface area (Å²) in [6, 6.07) is 2.05. The summed E-state index contributed by atoms with van der Waals surface area (Å²) in [5, 5.41) is 2.96. The molecule has 0 saturated carbocycles. The van der Waals surface area contributed by atoms with Crippen molar-refractivity contribution in [3.05, 3.63) is 22.3 Å². The molecule has 1 aromatic rings. The Morgan fingerprint density at radius 2 is 2.19 bits per heavy atom. The van der Waals surface area contributed by atoms with Crippen LogP contribution in [0, 0.1) is 0 Å². The van der Waals surface area contributed by atoms with E-state index in [1.807, 2.05) is 0 Å². The highest BCUT2D eigenvalue weighted by Crippen LogP contribution is 2.17. The number of hydrazine groups is 1. The topological polar surface area (TPSA) is 83.3 Å². The number of piperidine rings is 1. The van der Waals surface area contributed by atoms with Gasteiger partial charge >= 0.3 is 0 Å². The van der Waals surface area contributed by atoms with Crippen LogP contribution in [0.4, 0.5) is 5.82 Å². The van der Waals surface area contributed by atoms with E-state index in [1.165, 1.54) is 19.3 Å². The Balaban J connectivity index is 1.93. The van der Waals surface area contributed by atoms with Crippen LogP contribution >= 0.6 is 15.9 Å². The Labute approximate surface area is 133 Å². The van der Waals surface area contributed by atoms with Crippen LogP contribution in [-0.4, -0.2) is 41.5 Å². The van der Waals surface area contributed by atoms with Gasteiger partial charge in [-0.2, -0.15) is 0 Å². The summed E-state index contributed by atoms with van der Waals surface area (Å²) in [4.78, 5) is 18.8. The number of nitrogens with one attached hydrogen (secondary N) is 2. The minimum absolute atomic E-state index is 0.166. The zero-order valence-electron chi connectivity index (χ0n) is 12.2. The number of pyridine rings is 1. The largest absolute Gasteiger partial charge is 0.350 e. The maximum absolute atomic E-state index is 12.3. The fourth-order valence-electron chi connectivity index (χ4n) is 2.55. The molecular formula is C14H22BrN5O. The Morgan fingerprint density at radius 1 is 1.48 bits per heavy atom. The molecule has 1 atom stereocenters. The molecule has 1 fully saturated rings. The molecule has 1 amide bonds. The summed E-state index contributed by atoms with van der Waals surface area (Å²) in [7, 11) is 0. The molecule has 0 spiro atoms. The molecule has 0 aliphatic carbocycles. The summed E-state index contributed by atoms with van der Waals surface area (Å²) in [5.41, 5.74) is 2.89. The van der Waals surface area contributed by atoms with E-state index in [2.05, 4.69) is 43.5 Å². The second-order valence-corrected chi connectivity index (χ2v) is 6.27. The lowest BCUT2D eigenvalue weighted by Gasteiger charge is -2.32. The van der Waals surface area contributed by atoms with Crippen molar-refractivity contribution in [1.29, 1.82) is 0 Å². The van der Waals surface area contributed by atoms with Crippen molar-refractivity contribution in [3.63, 3.8) is 0 Å². The van der Waals surface area contributed by atoms with Gasteiger partial charge in [-0.05, 0) is 54.9 Å². The summed E-state index contributed by atoms with van der Waals surface area (Å²) < 4.78 is 0.746. The van der Waals surface area contributed by atoms with Crippen molar-refractivity contribution in [2.45, 2.75) is 32.2 Å². The average molecular weight is 356 g/mol. The number of hydrogen-bond donors (Lipinski definition) is 3. The van der Waals surface area contributed by atoms with Crippen molar-refractivity contribution in [2.24, 2.45) is 5.84 Å². The second-order valence-electron chi connectivity index (χ2n) is 5.35. The maximum Gasteiger partial charge on any atom is 0.255 e. The molecule has 4 N–H and O–H groups in total. The van der Waals surface area contributed by atoms with Crippen LogP contribution in [0.5, 0.6) is 0 Å². The lowest BCUT2D eigenvalue weighted by molar-refractivity contribution is 0.0930. The number of amides is 1. The lowest BCUT2D eigenvalue weighted by Crippen LogP contribution is -2.44. The van der Waals surface area contributed by atoms with Gasteiger partial charge in [-0.15, -0.1) is 0 Å². The first-order chi connectivity index (χ1) is 10.1. The summed E-state index contributed by atoms with van der Waals surface area (Å²) >= 11 is 3.32. The quantitative estimate of drug-likeness (QED) is 0.553. The molecule has 6 nitrogen and oxygen atoms in total. The molecule has 7 heteroatoms. The van der Waals surface area contributed by atoms with Crippen LogP contribution in [-0.2, 0) is 0 Å². The van der Waals surface area contributed by atoms with Crippen molar-refractivity contribution >= 4 is 27.7 Å². The SMILES string of the molecule is CC(CNC(=O)c1cc(Br)cnc1NN)N1CCCCC1. The summed E-state index contributed by atoms with van der Waals surface area (Å²) in [6.45, 7) is 5.00. The number of likely N-dealkylation sites (tertiary alicyclic amines) is 1. The third-order valence-electron chi connectivity index (χ3n) is 3.81. The van der Waals surface area contributed by atoms with Crippen LogP contribution in [0.25, 0.3) is 0 Å². The number of hydrogen-bond acceptors (Lipinski definition) is 5. The first-order valence-electron chi connectivity index (χ1n) is 7.26. The molecule has 21 heavy (non-hydrogen) atoms. The third-order valence-corrected chi connectivity index (χ3v) is 4.24. The van der Waals surface area contributed by atoms with Crippen molar-refractivity contribution in [3.8, 4) is 0 Å². The number of nitrogens with two attached hydrogens (primary N) is 1. The van der Waals surface area contributed by atoms with Crippen LogP contribution < -0.4 is 16.6 Å². The molecule has 1 aliphatic heterocycles.